The largest absolute Gasteiger partial charge is 0.486 e. The van der Waals surface area contributed by atoms with Crippen molar-refractivity contribution in [1.82, 2.24) is 9.78 Å². The van der Waals surface area contributed by atoms with Crippen LogP contribution in [0.4, 0.5) is 4.39 Å². The predicted octanol–water partition coefficient (Wildman–Crippen LogP) is 1.42. The van der Waals surface area contributed by atoms with Crippen molar-refractivity contribution in [2.75, 3.05) is 0 Å². The predicted molar refractivity (Wildman–Crippen MR) is 65.0 cm³/mol. The van der Waals surface area contributed by atoms with Crippen molar-refractivity contribution in [2.45, 2.75) is 6.61 Å². The second-order valence-electron chi connectivity index (χ2n) is 3.87. The Bertz CT molecular complexity index is 579. The van der Waals surface area contributed by atoms with Gasteiger partial charge in [0, 0.05) is 24.4 Å². The average molecular weight is 248 g/mol. The number of hydrogen-bond donors (Lipinski definition) is 2. The number of aromatic nitrogens is 2. The van der Waals surface area contributed by atoms with Crippen molar-refractivity contribution in [3.05, 3.63) is 47.5 Å². The average Bonchev–Trinajstić information content (AvgIpc) is 2.73. The highest BCUT2D eigenvalue weighted by atomic mass is 19.1. The Morgan fingerprint density at radius 2 is 2.33 bits per heavy atom. The maximum absolute atomic E-state index is 13.6. The van der Waals surface area contributed by atoms with E-state index in [1.54, 1.807) is 30.2 Å². The standard InChI is InChI=1S/C12H13FN4O/c1-17-6-8(5-16-17)7-18-11-3-2-9(12(14)15)4-10(11)13/h2-6H,7H2,1H3,(H3,14,15). The van der Waals surface area contributed by atoms with E-state index in [-0.39, 0.29) is 18.2 Å². The summed E-state index contributed by atoms with van der Waals surface area (Å²) in [5, 5.41) is 11.2. The molecule has 0 aliphatic rings. The molecule has 0 amide bonds. The number of aryl methyl sites for hydroxylation is 1. The third kappa shape index (κ3) is 2.65. The number of hydrogen-bond acceptors (Lipinski definition) is 3. The van der Waals surface area contributed by atoms with Crippen LogP contribution in [0.15, 0.2) is 30.6 Å². The van der Waals surface area contributed by atoms with Crippen molar-refractivity contribution in [1.29, 1.82) is 5.41 Å². The fraction of sp³-hybridized carbons (Fsp3) is 0.167. The van der Waals surface area contributed by atoms with E-state index in [0.717, 1.165) is 5.56 Å². The summed E-state index contributed by atoms with van der Waals surface area (Å²) in [6.07, 6.45) is 3.45. The fourth-order valence-corrected chi connectivity index (χ4v) is 1.49. The van der Waals surface area contributed by atoms with Crippen molar-refractivity contribution in [3.8, 4) is 5.75 Å². The third-order valence-electron chi connectivity index (χ3n) is 2.40. The van der Waals surface area contributed by atoms with E-state index in [0.29, 0.717) is 5.56 Å². The number of nitrogens with zero attached hydrogens (tertiary/aromatic N) is 2. The molecule has 1 heterocycles. The molecule has 2 aromatic rings. The lowest BCUT2D eigenvalue weighted by Gasteiger charge is -2.07. The first-order valence-corrected chi connectivity index (χ1v) is 5.30. The molecule has 0 aliphatic heterocycles. The molecule has 0 fully saturated rings. The molecule has 0 saturated heterocycles. The van der Waals surface area contributed by atoms with Gasteiger partial charge in [-0.15, -0.1) is 0 Å². The molecule has 3 N–H and O–H groups in total. The van der Waals surface area contributed by atoms with Crippen LogP contribution in [-0.2, 0) is 13.7 Å². The zero-order valence-corrected chi connectivity index (χ0v) is 9.85. The molecule has 0 spiro atoms. The molecule has 0 aliphatic carbocycles. The first-order chi connectivity index (χ1) is 8.56. The molecule has 0 bridgehead atoms. The molecule has 94 valence electrons. The van der Waals surface area contributed by atoms with Crippen LogP contribution in [0.2, 0.25) is 0 Å². The number of rotatable bonds is 4. The van der Waals surface area contributed by atoms with Gasteiger partial charge in [0.05, 0.1) is 6.20 Å². The van der Waals surface area contributed by atoms with Crippen LogP contribution in [0.5, 0.6) is 5.75 Å². The molecule has 1 aromatic heterocycles. The molecule has 1 aromatic carbocycles. The van der Waals surface area contributed by atoms with Crippen molar-refractivity contribution < 1.29 is 9.13 Å². The summed E-state index contributed by atoms with van der Waals surface area (Å²) >= 11 is 0. The van der Waals surface area contributed by atoms with E-state index < -0.39 is 5.82 Å². The first kappa shape index (κ1) is 12.1. The Morgan fingerprint density at radius 3 is 2.89 bits per heavy atom. The summed E-state index contributed by atoms with van der Waals surface area (Å²) in [6.45, 7) is 0.240. The first-order valence-electron chi connectivity index (χ1n) is 5.30. The molecular weight excluding hydrogens is 235 g/mol. The third-order valence-corrected chi connectivity index (χ3v) is 2.40. The van der Waals surface area contributed by atoms with Gasteiger partial charge >= 0.3 is 0 Å². The van der Waals surface area contributed by atoms with E-state index in [1.165, 1.54) is 12.1 Å². The van der Waals surface area contributed by atoms with Crippen LogP contribution >= 0.6 is 0 Å². The van der Waals surface area contributed by atoms with E-state index in [1.807, 2.05) is 0 Å². The zero-order chi connectivity index (χ0) is 13.1. The van der Waals surface area contributed by atoms with Gasteiger partial charge in [-0.3, -0.25) is 10.1 Å². The maximum atomic E-state index is 13.6. The number of nitrogens with two attached hydrogens (primary N) is 1. The number of benzene rings is 1. The highest BCUT2D eigenvalue weighted by Crippen LogP contribution is 2.19. The van der Waals surface area contributed by atoms with E-state index in [2.05, 4.69) is 5.10 Å². The number of halogens is 1. The second kappa shape index (κ2) is 4.87. The molecule has 0 saturated carbocycles. The molecule has 5 nitrogen and oxygen atoms in total. The Morgan fingerprint density at radius 1 is 1.56 bits per heavy atom. The van der Waals surface area contributed by atoms with E-state index >= 15 is 0 Å². The molecule has 18 heavy (non-hydrogen) atoms. The van der Waals surface area contributed by atoms with E-state index in [4.69, 9.17) is 15.9 Å². The summed E-state index contributed by atoms with van der Waals surface area (Å²) in [5.41, 5.74) is 6.45. The Labute approximate surface area is 103 Å². The van der Waals surface area contributed by atoms with Gasteiger partial charge in [0.1, 0.15) is 12.4 Å². The Balaban J connectivity index is 2.08. The SMILES string of the molecule is Cn1cc(COc2ccc(C(=N)N)cc2F)cn1. The van der Waals surface area contributed by atoms with Gasteiger partial charge in [0.2, 0.25) is 0 Å². The fourth-order valence-electron chi connectivity index (χ4n) is 1.49. The quantitative estimate of drug-likeness (QED) is 0.634. The molecular formula is C12H13FN4O. The van der Waals surface area contributed by atoms with Crippen molar-refractivity contribution >= 4 is 5.84 Å². The van der Waals surface area contributed by atoms with Gasteiger partial charge in [-0.2, -0.15) is 5.10 Å². The summed E-state index contributed by atoms with van der Waals surface area (Å²) < 4.78 is 20.6. The van der Waals surface area contributed by atoms with Crippen molar-refractivity contribution in [2.24, 2.45) is 12.8 Å². The lowest BCUT2D eigenvalue weighted by atomic mass is 10.2. The van der Waals surface area contributed by atoms with Gasteiger partial charge in [0.15, 0.2) is 11.6 Å². The summed E-state index contributed by atoms with van der Waals surface area (Å²) in [7, 11) is 1.80. The van der Waals surface area contributed by atoms with Crippen LogP contribution in [0, 0.1) is 11.2 Å². The minimum absolute atomic E-state index is 0.129. The smallest absolute Gasteiger partial charge is 0.165 e. The molecule has 0 unspecified atom stereocenters. The molecule has 2 rings (SSSR count). The highest BCUT2D eigenvalue weighted by molar-refractivity contribution is 5.95. The van der Waals surface area contributed by atoms with Crippen LogP contribution in [0.3, 0.4) is 0 Å². The Hall–Kier alpha value is -2.37. The van der Waals surface area contributed by atoms with Gasteiger partial charge < -0.3 is 10.5 Å². The molecule has 0 radical (unpaired) electrons. The van der Waals surface area contributed by atoms with Crippen LogP contribution in [0.25, 0.3) is 0 Å². The van der Waals surface area contributed by atoms with Crippen molar-refractivity contribution in [3.63, 3.8) is 0 Å². The summed E-state index contributed by atoms with van der Waals surface area (Å²) in [6, 6.07) is 4.19. The topological polar surface area (TPSA) is 76.9 Å². The summed E-state index contributed by atoms with van der Waals surface area (Å²) in [5.74, 6) is -0.580. The van der Waals surface area contributed by atoms with Gasteiger partial charge in [-0.1, -0.05) is 0 Å². The molecule has 6 heteroatoms. The van der Waals surface area contributed by atoms with E-state index in [9.17, 15) is 4.39 Å². The number of amidine groups is 1. The summed E-state index contributed by atoms with van der Waals surface area (Å²) in [4.78, 5) is 0. The number of ether oxygens (including phenoxy) is 1. The zero-order valence-electron chi connectivity index (χ0n) is 9.85. The van der Waals surface area contributed by atoms with Gasteiger partial charge in [0.25, 0.3) is 0 Å². The number of nitrogen functional groups attached to an aromatic ring is 1. The minimum atomic E-state index is -0.536. The molecule has 0 atom stereocenters. The Kier molecular flexibility index (Phi) is 3.27. The minimum Gasteiger partial charge on any atom is -0.486 e. The normalized spacial score (nSPS) is 10.3. The van der Waals surface area contributed by atoms with Crippen LogP contribution in [0.1, 0.15) is 11.1 Å². The van der Waals surface area contributed by atoms with Gasteiger partial charge in [-0.25, -0.2) is 4.39 Å². The lowest BCUT2D eigenvalue weighted by Crippen LogP contribution is -2.11. The van der Waals surface area contributed by atoms with Crippen LogP contribution < -0.4 is 10.5 Å². The maximum Gasteiger partial charge on any atom is 0.165 e. The van der Waals surface area contributed by atoms with Crippen LogP contribution in [-0.4, -0.2) is 15.6 Å². The second-order valence-corrected chi connectivity index (χ2v) is 3.87. The monoisotopic (exact) mass is 248 g/mol. The van der Waals surface area contributed by atoms with Gasteiger partial charge in [-0.05, 0) is 18.2 Å². The highest BCUT2D eigenvalue weighted by Gasteiger charge is 2.07. The lowest BCUT2D eigenvalue weighted by molar-refractivity contribution is 0.290. The number of nitrogens with one attached hydrogen (secondary N) is 1.